The summed E-state index contributed by atoms with van der Waals surface area (Å²) in [6.07, 6.45) is 4.35. The minimum Gasteiger partial charge on any atom is -0.489 e. The molecule has 22 heavy (non-hydrogen) atoms. The maximum Gasteiger partial charge on any atom is 0.321 e. The molecule has 6 heteroatoms. The Balaban J connectivity index is 1.65. The number of anilines is 1. The number of halogens is 1. The average Bonchev–Trinajstić information content (AvgIpc) is 3.20. The number of hydrogen-bond donors (Lipinski definition) is 1. The number of carbonyl (C=O) groups excluding carboxylic acids is 1. The lowest BCUT2D eigenvalue weighted by atomic mass is 10.2. The van der Waals surface area contributed by atoms with Gasteiger partial charge in [-0.3, -0.25) is 0 Å². The first-order chi connectivity index (χ1) is 10.7. The Labute approximate surface area is 135 Å². The first kappa shape index (κ1) is 15.4. The summed E-state index contributed by atoms with van der Waals surface area (Å²) in [6.45, 7) is 2.90. The molecule has 2 saturated heterocycles. The van der Waals surface area contributed by atoms with Gasteiger partial charge in [0.2, 0.25) is 0 Å². The van der Waals surface area contributed by atoms with Gasteiger partial charge in [-0.25, -0.2) is 4.79 Å². The van der Waals surface area contributed by atoms with Crippen molar-refractivity contribution in [3.8, 4) is 5.75 Å². The third kappa shape index (κ3) is 3.84. The highest BCUT2D eigenvalue weighted by Crippen LogP contribution is 2.29. The van der Waals surface area contributed by atoms with Gasteiger partial charge in [0, 0.05) is 24.7 Å². The third-order valence-electron chi connectivity index (χ3n) is 4.03. The quantitative estimate of drug-likeness (QED) is 0.921. The molecule has 0 saturated carbocycles. The second kappa shape index (κ2) is 7.20. The fraction of sp³-hybridized carbons (Fsp3) is 0.562. The molecule has 0 spiro atoms. The summed E-state index contributed by atoms with van der Waals surface area (Å²) in [5, 5.41) is 3.48. The largest absolute Gasteiger partial charge is 0.489 e. The molecule has 2 amide bonds. The topological polar surface area (TPSA) is 50.8 Å². The van der Waals surface area contributed by atoms with Crippen molar-refractivity contribution in [3.05, 3.63) is 23.2 Å². The van der Waals surface area contributed by atoms with Crippen LogP contribution in [0.15, 0.2) is 18.2 Å². The summed E-state index contributed by atoms with van der Waals surface area (Å²) in [5.74, 6) is 0.632. The minimum absolute atomic E-state index is 0.0956. The van der Waals surface area contributed by atoms with E-state index in [1.807, 2.05) is 4.90 Å². The maximum absolute atomic E-state index is 12.2. The molecule has 5 nitrogen and oxygen atoms in total. The van der Waals surface area contributed by atoms with Crippen molar-refractivity contribution in [1.82, 2.24) is 4.90 Å². The summed E-state index contributed by atoms with van der Waals surface area (Å²) in [6, 6.07) is 5.18. The predicted octanol–water partition coefficient (Wildman–Crippen LogP) is 3.53. The normalized spacial score (nSPS) is 21.1. The van der Waals surface area contributed by atoms with E-state index >= 15 is 0 Å². The Morgan fingerprint density at radius 1 is 1.36 bits per heavy atom. The third-order valence-corrected chi connectivity index (χ3v) is 4.26. The molecule has 1 unspecified atom stereocenters. The van der Waals surface area contributed by atoms with Gasteiger partial charge in [-0.15, -0.1) is 0 Å². The standard InChI is InChI=1S/C16H21ClN2O3/c17-12-5-6-15(22-11-13-4-3-9-21-13)14(10-12)18-16(20)19-7-1-2-8-19/h5-6,10,13H,1-4,7-9,11H2,(H,18,20). The number of urea groups is 1. The molecule has 1 aromatic rings. The summed E-state index contributed by atoms with van der Waals surface area (Å²) in [7, 11) is 0. The highest BCUT2D eigenvalue weighted by Gasteiger charge is 2.20. The minimum atomic E-state index is -0.0956. The van der Waals surface area contributed by atoms with Crippen LogP contribution < -0.4 is 10.1 Å². The summed E-state index contributed by atoms with van der Waals surface area (Å²) < 4.78 is 11.4. The van der Waals surface area contributed by atoms with Gasteiger partial charge in [-0.1, -0.05) is 11.6 Å². The van der Waals surface area contributed by atoms with E-state index in [2.05, 4.69) is 5.32 Å². The van der Waals surface area contributed by atoms with Crippen LogP contribution in [0.3, 0.4) is 0 Å². The van der Waals surface area contributed by atoms with E-state index < -0.39 is 0 Å². The zero-order chi connectivity index (χ0) is 15.4. The number of nitrogens with one attached hydrogen (secondary N) is 1. The first-order valence-corrected chi connectivity index (χ1v) is 8.20. The summed E-state index contributed by atoms with van der Waals surface area (Å²) in [5.41, 5.74) is 0.613. The molecular formula is C16H21ClN2O3. The summed E-state index contributed by atoms with van der Waals surface area (Å²) in [4.78, 5) is 14.0. The maximum atomic E-state index is 12.2. The van der Waals surface area contributed by atoms with E-state index in [0.717, 1.165) is 45.4 Å². The lowest BCUT2D eigenvalue weighted by Gasteiger charge is -2.19. The number of rotatable bonds is 4. The van der Waals surface area contributed by atoms with E-state index in [-0.39, 0.29) is 12.1 Å². The van der Waals surface area contributed by atoms with Gasteiger partial charge < -0.3 is 19.7 Å². The monoisotopic (exact) mass is 324 g/mol. The SMILES string of the molecule is O=C(Nc1cc(Cl)ccc1OCC1CCCO1)N1CCCC1. The Morgan fingerprint density at radius 2 is 2.18 bits per heavy atom. The molecule has 2 fully saturated rings. The van der Waals surface area contributed by atoms with Crippen molar-refractivity contribution in [3.63, 3.8) is 0 Å². The zero-order valence-corrected chi connectivity index (χ0v) is 13.3. The Morgan fingerprint density at radius 3 is 2.91 bits per heavy atom. The van der Waals surface area contributed by atoms with E-state index in [9.17, 15) is 4.79 Å². The van der Waals surface area contributed by atoms with Crippen LogP contribution in [0.1, 0.15) is 25.7 Å². The van der Waals surface area contributed by atoms with Crippen molar-refractivity contribution >= 4 is 23.3 Å². The highest BCUT2D eigenvalue weighted by molar-refractivity contribution is 6.31. The number of carbonyl (C=O) groups is 1. The molecule has 2 heterocycles. The number of ether oxygens (including phenoxy) is 2. The zero-order valence-electron chi connectivity index (χ0n) is 12.5. The molecule has 0 bridgehead atoms. The van der Waals surface area contributed by atoms with Gasteiger partial charge in [0.05, 0.1) is 11.8 Å². The van der Waals surface area contributed by atoms with Crippen LogP contribution in [0, 0.1) is 0 Å². The van der Waals surface area contributed by atoms with E-state index in [1.54, 1.807) is 18.2 Å². The molecule has 120 valence electrons. The van der Waals surface area contributed by atoms with Gasteiger partial charge in [0.1, 0.15) is 12.4 Å². The molecular weight excluding hydrogens is 304 g/mol. The summed E-state index contributed by atoms with van der Waals surface area (Å²) >= 11 is 6.04. The van der Waals surface area contributed by atoms with Crippen LogP contribution in [0.4, 0.5) is 10.5 Å². The first-order valence-electron chi connectivity index (χ1n) is 7.82. The second-order valence-electron chi connectivity index (χ2n) is 5.71. The smallest absolute Gasteiger partial charge is 0.321 e. The molecule has 3 rings (SSSR count). The van der Waals surface area contributed by atoms with Crippen LogP contribution >= 0.6 is 11.6 Å². The molecule has 1 atom stereocenters. The molecule has 0 aliphatic carbocycles. The van der Waals surface area contributed by atoms with Crippen LogP contribution in [-0.2, 0) is 4.74 Å². The van der Waals surface area contributed by atoms with Gasteiger partial charge in [-0.2, -0.15) is 0 Å². The molecule has 0 radical (unpaired) electrons. The van der Waals surface area contributed by atoms with E-state index in [4.69, 9.17) is 21.1 Å². The van der Waals surface area contributed by atoms with Crippen molar-refractivity contribution in [1.29, 1.82) is 0 Å². The van der Waals surface area contributed by atoms with Crippen molar-refractivity contribution in [2.45, 2.75) is 31.8 Å². The Kier molecular flexibility index (Phi) is 5.05. The second-order valence-corrected chi connectivity index (χ2v) is 6.15. The molecule has 1 N–H and O–H groups in total. The molecule has 2 aliphatic heterocycles. The Bertz CT molecular complexity index is 526. The van der Waals surface area contributed by atoms with Crippen molar-refractivity contribution in [2.24, 2.45) is 0 Å². The number of hydrogen-bond acceptors (Lipinski definition) is 3. The van der Waals surface area contributed by atoms with Gasteiger partial charge >= 0.3 is 6.03 Å². The fourth-order valence-electron chi connectivity index (χ4n) is 2.80. The lowest BCUT2D eigenvalue weighted by molar-refractivity contribution is 0.0682. The van der Waals surface area contributed by atoms with Crippen molar-refractivity contribution in [2.75, 3.05) is 31.6 Å². The van der Waals surface area contributed by atoms with E-state index in [1.165, 1.54) is 0 Å². The van der Waals surface area contributed by atoms with Crippen LogP contribution in [0.25, 0.3) is 0 Å². The van der Waals surface area contributed by atoms with Crippen molar-refractivity contribution < 1.29 is 14.3 Å². The number of amides is 2. The van der Waals surface area contributed by atoms with E-state index in [0.29, 0.717) is 23.1 Å². The van der Waals surface area contributed by atoms with Gasteiger partial charge in [-0.05, 0) is 43.9 Å². The molecule has 2 aliphatic rings. The van der Waals surface area contributed by atoms with Crippen LogP contribution in [0.5, 0.6) is 5.75 Å². The highest BCUT2D eigenvalue weighted by atomic mass is 35.5. The van der Waals surface area contributed by atoms with Gasteiger partial charge in [0.15, 0.2) is 0 Å². The number of nitrogens with zero attached hydrogens (tertiary/aromatic N) is 1. The van der Waals surface area contributed by atoms with Crippen LogP contribution in [0.2, 0.25) is 5.02 Å². The van der Waals surface area contributed by atoms with Crippen LogP contribution in [-0.4, -0.2) is 43.3 Å². The number of likely N-dealkylation sites (tertiary alicyclic amines) is 1. The fourth-order valence-corrected chi connectivity index (χ4v) is 2.97. The van der Waals surface area contributed by atoms with Gasteiger partial charge in [0.25, 0.3) is 0 Å². The lowest BCUT2D eigenvalue weighted by Crippen LogP contribution is -2.32. The molecule has 0 aromatic heterocycles. The average molecular weight is 325 g/mol. The molecule has 1 aromatic carbocycles. The number of benzene rings is 1. The predicted molar refractivity (Wildman–Crippen MR) is 85.7 cm³/mol. The Hall–Kier alpha value is -1.46.